The molecule has 1 aromatic carbocycles. The van der Waals surface area contributed by atoms with Crippen molar-refractivity contribution in [3.05, 3.63) is 56.2 Å². The third-order valence-electron chi connectivity index (χ3n) is 3.39. The van der Waals surface area contributed by atoms with Gasteiger partial charge in [0.1, 0.15) is 0 Å². The minimum Gasteiger partial charge on any atom is -0.304 e. The molecule has 0 aliphatic rings. The van der Waals surface area contributed by atoms with Crippen molar-refractivity contribution in [1.82, 2.24) is 5.32 Å². The summed E-state index contributed by atoms with van der Waals surface area (Å²) in [6.45, 7) is 8.75. The van der Waals surface area contributed by atoms with Crippen molar-refractivity contribution in [1.29, 1.82) is 0 Å². The Morgan fingerprint density at radius 1 is 1.11 bits per heavy atom. The average Bonchev–Trinajstić information content (AvgIpc) is 2.68. The van der Waals surface area contributed by atoms with Crippen LogP contribution in [0.5, 0.6) is 0 Å². The standard InChI is InChI=1S/C16H20ClNS/c1-10-8-16(13(4)19-10)12(3)18-11(2)14-6-5-7-15(17)9-14/h5-9,11-12,18H,1-4H3. The van der Waals surface area contributed by atoms with Gasteiger partial charge in [0.2, 0.25) is 0 Å². The molecule has 0 radical (unpaired) electrons. The quantitative estimate of drug-likeness (QED) is 0.792. The van der Waals surface area contributed by atoms with Gasteiger partial charge in [-0.2, -0.15) is 0 Å². The van der Waals surface area contributed by atoms with Crippen LogP contribution in [-0.4, -0.2) is 0 Å². The van der Waals surface area contributed by atoms with E-state index in [0.717, 1.165) is 5.02 Å². The second-order valence-electron chi connectivity index (χ2n) is 5.03. The highest BCUT2D eigenvalue weighted by Crippen LogP contribution is 2.28. The molecule has 0 spiro atoms. The zero-order valence-corrected chi connectivity index (χ0v) is 13.4. The molecule has 1 aromatic heterocycles. The third kappa shape index (κ3) is 3.59. The van der Waals surface area contributed by atoms with Crippen LogP contribution in [0.15, 0.2) is 30.3 Å². The Balaban J connectivity index is 2.10. The molecule has 0 aliphatic carbocycles. The predicted molar refractivity (Wildman–Crippen MR) is 85.2 cm³/mol. The first-order valence-electron chi connectivity index (χ1n) is 6.56. The zero-order valence-electron chi connectivity index (χ0n) is 11.8. The summed E-state index contributed by atoms with van der Waals surface area (Å²) in [5.41, 5.74) is 2.63. The number of hydrogen-bond acceptors (Lipinski definition) is 2. The van der Waals surface area contributed by atoms with Crippen LogP contribution in [0.2, 0.25) is 5.02 Å². The highest BCUT2D eigenvalue weighted by atomic mass is 35.5. The van der Waals surface area contributed by atoms with Crippen molar-refractivity contribution in [2.24, 2.45) is 0 Å². The van der Waals surface area contributed by atoms with E-state index in [1.807, 2.05) is 29.5 Å². The van der Waals surface area contributed by atoms with E-state index in [1.165, 1.54) is 20.9 Å². The monoisotopic (exact) mass is 293 g/mol. The first-order chi connectivity index (χ1) is 8.97. The maximum absolute atomic E-state index is 6.04. The van der Waals surface area contributed by atoms with Crippen molar-refractivity contribution in [2.75, 3.05) is 0 Å². The Morgan fingerprint density at radius 2 is 1.84 bits per heavy atom. The van der Waals surface area contributed by atoms with Crippen LogP contribution < -0.4 is 5.32 Å². The molecule has 0 aliphatic heterocycles. The Morgan fingerprint density at radius 3 is 2.42 bits per heavy atom. The van der Waals surface area contributed by atoms with Gasteiger partial charge in [-0.05, 0) is 57.0 Å². The van der Waals surface area contributed by atoms with Crippen LogP contribution >= 0.6 is 22.9 Å². The minimum atomic E-state index is 0.285. The normalized spacial score (nSPS) is 14.4. The van der Waals surface area contributed by atoms with Crippen molar-refractivity contribution in [3.8, 4) is 0 Å². The van der Waals surface area contributed by atoms with Gasteiger partial charge in [-0.25, -0.2) is 0 Å². The van der Waals surface area contributed by atoms with Crippen molar-refractivity contribution in [3.63, 3.8) is 0 Å². The van der Waals surface area contributed by atoms with Gasteiger partial charge in [-0.3, -0.25) is 0 Å². The Hall–Kier alpha value is -0.830. The molecule has 19 heavy (non-hydrogen) atoms. The van der Waals surface area contributed by atoms with Gasteiger partial charge < -0.3 is 5.32 Å². The molecule has 1 N–H and O–H groups in total. The first kappa shape index (κ1) is 14.6. The number of halogens is 1. The van der Waals surface area contributed by atoms with Gasteiger partial charge in [0.05, 0.1) is 0 Å². The first-order valence-corrected chi connectivity index (χ1v) is 7.75. The van der Waals surface area contributed by atoms with E-state index in [1.54, 1.807) is 0 Å². The van der Waals surface area contributed by atoms with Crippen LogP contribution in [-0.2, 0) is 0 Å². The second kappa shape index (κ2) is 6.08. The van der Waals surface area contributed by atoms with Gasteiger partial charge in [0.25, 0.3) is 0 Å². The lowest BCUT2D eigenvalue weighted by Crippen LogP contribution is -2.22. The lowest BCUT2D eigenvalue weighted by atomic mass is 10.0. The number of benzene rings is 1. The summed E-state index contributed by atoms with van der Waals surface area (Å²) in [4.78, 5) is 2.77. The van der Waals surface area contributed by atoms with E-state index in [0.29, 0.717) is 6.04 Å². The van der Waals surface area contributed by atoms with Crippen molar-refractivity contribution < 1.29 is 0 Å². The smallest absolute Gasteiger partial charge is 0.0409 e. The van der Waals surface area contributed by atoms with E-state index in [9.17, 15) is 0 Å². The molecule has 2 aromatic rings. The van der Waals surface area contributed by atoms with Crippen LogP contribution in [0.1, 0.15) is 46.8 Å². The molecule has 2 atom stereocenters. The molecular weight excluding hydrogens is 274 g/mol. The summed E-state index contributed by atoms with van der Waals surface area (Å²) in [7, 11) is 0. The molecule has 1 nitrogen and oxygen atoms in total. The van der Waals surface area contributed by atoms with Gasteiger partial charge in [-0.1, -0.05) is 23.7 Å². The fraction of sp³-hybridized carbons (Fsp3) is 0.375. The van der Waals surface area contributed by atoms with E-state index >= 15 is 0 Å². The fourth-order valence-electron chi connectivity index (χ4n) is 2.42. The number of thiophene rings is 1. The van der Waals surface area contributed by atoms with E-state index in [4.69, 9.17) is 11.6 Å². The number of rotatable bonds is 4. The number of aryl methyl sites for hydroxylation is 2. The summed E-state index contributed by atoms with van der Waals surface area (Å²) in [6.07, 6.45) is 0. The predicted octanol–water partition coefficient (Wildman–Crippen LogP) is 5.43. The molecule has 0 amide bonds. The Bertz CT molecular complexity index is 562. The molecule has 0 saturated carbocycles. The van der Waals surface area contributed by atoms with Gasteiger partial charge in [0, 0.05) is 26.9 Å². The topological polar surface area (TPSA) is 12.0 Å². The van der Waals surface area contributed by atoms with Crippen molar-refractivity contribution >= 4 is 22.9 Å². The molecule has 2 rings (SSSR count). The van der Waals surface area contributed by atoms with Gasteiger partial charge in [-0.15, -0.1) is 11.3 Å². The highest BCUT2D eigenvalue weighted by molar-refractivity contribution is 7.12. The van der Waals surface area contributed by atoms with Gasteiger partial charge >= 0.3 is 0 Å². The third-order valence-corrected chi connectivity index (χ3v) is 4.61. The summed E-state index contributed by atoms with van der Waals surface area (Å²) in [6, 6.07) is 11.0. The molecule has 0 bridgehead atoms. The van der Waals surface area contributed by atoms with E-state index in [2.05, 4.69) is 45.1 Å². The Kier molecular flexibility index (Phi) is 4.67. The maximum Gasteiger partial charge on any atom is 0.0409 e. The summed E-state index contributed by atoms with van der Waals surface area (Å²) in [5.74, 6) is 0. The van der Waals surface area contributed by atoms with Crippen molar-refractivity contribution in [2.45, 2.75) is 39.8 Å². The van der Waals surface area contributed by atoms with Gasteiger partial charge in [0.15, 0.2) is 0 Å². The zero-order chi connectivity index (χ0) is 14.0. The number of hydrogen-bond donors (Lipinski definition) is 1. The minimum absolute atomic E-state index is 0.285. The molecule has 0 fully saturated rings. The molecular formula is C16H20ClNS. The fourth-order valence-corrected chi connectivity index (χ4v) is 3.64. The lowest BCUT2D eigenvalue weighted by molar-refractivity contribution is 0.494. The van der Waals surface area contributed by atoms with Crippen LogP contribution in [0.3, 0.4) is 0 Å². The summed E-state index contributed by atoms with van der Waals surface area (Å²) in [5, 5.41) is 4.43. The molecule has 2 unspecified atom stereocenters. The molecule has 1 heterocycles. The molecule has 0 saturated heterocycles. The van der Waals surface area contributed by atoms with E-state index < -0.39 is 0 Å². The molecule has 3 heteroatoms. The van der Waals surface area contributed by atoms with Crippen LogP contribution in [0.4, 0.5) is 0 Å². The SMILES string of the molecule is Cc1cc(C(C)NC(C)c2cccc(Cl)c2)c(C)s1. The largest absolute Gasteiger partial charge is 0.304 e. The van der Waals surface area contributed by atoms with Crippen LogP contribution in [0.25, 0.3) is 0 Å². The lowest BCUT2D eigenvalue weighted by Gasteiger charge is -2.20. The van der Waals surface area contributed by atoms with Crippen LogP contribution in [0, 0.1) is 13.8 Å². The second-order valence-corrected chi connectivity index (χ2v) is 6.93. The summed E-state index contributed by atoms with van der Waals surface area (Å²) >= 11 is 7.91. The van der Waals surface area contributed by atoms with E-state index in [-0.39, 0.29) is 6.04 Å². The highest BCUT2D eigenvalue weighted by Gasteiger charge is 2.14. The Labute approximate surface area is 124 Å². The summed E-state index contributed by atoms with van der Waals surface area (Å²) < 4.78 is 0. The number of nitrogens with one attached hydrogen (secondary N) is 1. The average molecular weight is 294 g/mol. The molecule has 102 valence electrons. The maximum atomic E-state index is 6.04.